The molecule has 0 aliphatic rings. The van der Waals surface area contributed by atoms with Gasteiger partial charge in [-0.1, -0.05) is 77.1 Å². The summed E-state index contributed by atoms with van der Waals surface area (Å²) in [6.07, 6.45) is 12.1. The summed E-state index contributed by atoms with van der Waals surface area (Å²) in [5.74, 6) is -0.424. The summed E-state index contributed by atoms with van der Waals surface area (Å²) in [6.45, 7) is 26.2. The second kappa shape index (κ2) is 15.1. The van der Waals surface area contributed by atoms with Gasteiger partial charge in [-0.15, -0.1) is 5.73 Å². The van der Waals surface area contributed by atoms with Crippen LogP contribution in [0.3, 0.4) is 0 Å². The zero-order valence-corrected chi connectivity index (χ0v) is 24.2. The fourth-order valence-electron chi connectivity index (χ4n) is 4.80. The first-order valence-electron chi connectivity index (χ1n) is 13.3. The molecule has 1 aromatic carbocycles. The van der Waals surface area contributed by atoms with Crippen molar-refractivity contribution in [1.82, 2.24) is 5.32 Å². The molecule has 1 aromatic rings. The van der Waals surface area contributed by atoms with E-state index < -0.39 is 5.83 Å². The minimum absolute atomic E-state index is 0.0493. The number of nitrogens with two attached hydrogens (primary N) is 1. The third-order valence-corrected chi connectivity index (χ3v) is 7.15. The lowest BCUT2D eigenvalue weighted by atomic mass is 9.67. The molecule has 200 valence electrons. The summed E-state index contributed by atoms with van der Waals surface area (Å²) in [6, 6.07) is 6.58. The zero-order chi connectivity index (χ0) is 28.2. The minimum Gasteiger partial charge on any atom is -0.398 e. The Kier molecular flexibility index (Phi) is 12.9. The number of aryl methyl sites for hydroxylation is 1. The molecule has 0 heterocycles. The Hall–Kier alpha value is -3.29. The molecule has 0 aromatic heterocycles. The second-order valence-corrected chi connectivity index (χ2v) is 9.73. The van der Waals surface area contributed by atoms with Gasteiger partial charge in [0.15, 0.2) is 0 Å². The first kappa shape index (κ1) is 31.7. The van der Waals surface area contributed by atoms with Crippen molar-refractivity contribution in [2.45, 2.75) is 86.0 Å². The summed E-state index contributed by atoms with van der Waals surface area (Å²) in [7, 11) is 0. The highest BCUT2D eigenvalue weighted by Gasteiger charge is 2.34. The van der Waals surface area contributed by atoms with Crippen LogP contribution >= 0.6 is 0 Å². The van der Waals surface area contributed by atoms with Crippen molar-refractivity contribution < 1.29 is 4.39 Å². The van der Waals surface area contributed by atoms with Gasteiger partial charge in [0.2, 0.25) is 0 Å². The fraction of sp³-hybridized carbons (Fsp3) is 0.382. The van der Waals surface area contributed by atoms with Crippen molar-refractivity contribution >= 4 is 5.57 Å². The lowest BCUT2D eigenvalue weighted by Crippen LogP contribution is -2.28. The van der Waals surface area contributed by atoms with Gasteiger partial charge in [-0.25, -0.2) is 4.39 Å². The maximum absolute atomic E-state index is 14.1. The normalized spacial score (nSPS) is 14.9. The van der Waals surface area contributed by atoms with E-state index in [1.165, 1.54) is 22.8 Å². The van der Waals surface area contributed by atoms with Crippen molar-refractivity contribution in [3.63, 3.8) is 0 Å². The van der Waals surface area contributed by atoms with Crippen molar-refractivity contribution in [2.24, 2.45) is 5.73 Å². The largest absolute Gasteiger partial charge is 0.398 e. The van der Waals surface area contributed by atoms with Gasteiger partial charge in [-0.2, -0.15) is 0 Å². The van der Waals surface area contributed by atoms with E-state index in [-0.39, 0.29) is 5.41 Å². The molecule has 0 saturated heterocycles. The van der Waals surface area contributed by atoms with Gasteiger partial charge < -0.3 is 11.1 Å². The summed E-state index contributed by atoms with van der Waals surface area (Å²) >= 11 is 0. The van der Waals surface area contributed by atoms with E-state index in [4.69, 9.17) is 5.73 Å². The predicted octanol–water partition coefficient (Wildman–Crippen LogP) is 9.64. The van der Waals surface area contributed by atoms with Crippen LogP contribution in [0.15, 0.2) is 102 Å². The Morgan fingerprint density at radius 3 is 2.35 bits per heavy atom. The molecule has 1 unspecified atom stereocenters. The van der Waals surface area contributed by atoms with Crippen LogP contribution in [-0.4, -0.2) is 0 Å². The number of allylic oxidation sites excluding steroid dienone is 9. The van der Waals surface area contributed by atoms with E-state index in [0.717, 1.165) is 54.5 Å². The van der Waals surface area contributed by atoms with Gasteiger partial charge in [0, 0.05) is 16.8 Å². The van der Waals surface area contributed by atoms with Crippen LogP contribution in [0.4, 0.5) is 4.39 Å². The monoisotopic (exact) mass is 502 g/mol. The number of rotatable bonds is 14. The molecule has 0 bridgehead atoms. The quantitative estimate of drug-likeness (QED) is 0.196. The molecule has 1 rings (SSSR count). The van der Waals surface area contributed by atoms with E-state index in [2.05, 4.69) is 76.7 Å². The Labute approximate surface area is 225 Å². The molecule has 0 amide bonds. The summed E-state index contributed by atoms with van der Waals surface area (Å²) in [4.78, 5) is 0. The highest BCUT2D eigenvalue weighted by atomic mass is 19.1. The van der Waals surface area contributed by atoms with Crippen LogP contribution < -0.4 is 11.1 Å². The molecule has 2 nitrogen and oxygen atoms in total. The number of nitrogens with one attached hydrogen (secondary N) is 1. The number of benzene rings is 1. The molecular formula is C34H47FN2. The average molecular weight is 503 g/mol. The molecule has 0 fully saturated rings. The van der Waals surface area contributed by atoms with E-state index in [1.807, 2.05) is 26.8 Å². The van der Waals surface area contributed by atoms with Crippen LogP contribution in [0.5, 0.6) is 0 Å². The first-order chi connectivity index (χ1) is 17.5. The lowest BCUT2D eigenvalue weighted by molar-refractivity contribution is 0.406. The van der Waals surface area contributed by atoms with Gasteiger partial charge in [0.05, 0.1) is 5.70 Å². The summed E-state index contributed by atoms with van der Waals surface area (Å²) in [5.41, 5.74) is 17.7. The van der Waals surface area contributed by atoms with Gasteiger partial charge >= 0.3 is 0 Å². The van der Waals surface area contributed by atoms with Crippen LogP contribution in [0.25, 0.3) is 5.57 Å². The maximum Gasteiger partial charge on any atom is 0.146 e. The highest BCUT2D eigenvalue weighted by Crippen LogP contribution is 2.43. The topological polar surface area (TPSA) is 38.0 Å². The predicted molar refractivity (Wildman–Crippen MR) is 162 cm³/mol. The molecule has 3 heteroatoms. The molecule has 0 aliphatic heterocycles. The second-order valence-electron chi connectivity index (χ2n) is 9.73. The van der Waals surface area contributed by atoms with Crippen molar-refractivity contribution in [3.05, 3.63) is 119 Å². The van der Waals surface area contributed by atoms with Crippen LogP contribution in [-0.2, 0) is 5.41 Å². The van der Waals surface area contributed by atoms with E-state index in [1.54, 1.807) is 12.2 Å². The Morgan fingerprint density at radius 1 is 1.16 bits per heavy atom. The molecule has 1 atom stereocenters. The summed E-state index contributed by atoms with van der Waals surface area (Å²) < 4.78 is 14.1. The minimum atomic E-state index is -0.424. The summed E-state index contributed by atoms with van der Waals surface area (Å²) in [5, 5.41) is 3.10. The zero-order valence-electron chi connectivity index (χ0n) is 24.2. The Morgan fingerprint density at radius 2 is 1.84 bits per heavy atom. The highest BCUT2D eigenvalue weighted by molar-refractivity contribution is 5.74. The standard InChI is InChI=1S/C34H47FN2/c1-11-16-21-34(20-13-3,26(8)14-4)30-19-18-29(22-25(30)7)24(6)23-32(36)27(9)28(10)37-33(17-12-2)31(35)15-5/h12,15,17-19,22-23,37H,4-6,11,13,16,20-21,36H2,1-3,7-10H3/b17-12-,28-27+,32-23+,33-31-. The maximum atomic E-state index is 14.1. The average Bonchev–Trinajstić information content (AvgIpc) is 2.89. The van der Waals surface area contributed by atoms with Crippen molar-refractivity contribution in [1.29, 1.82) is 0 Å². The molecule has 0 saturated carbocycles. The molecule has 0 aliphatic carbocycles. The van der Waals surface area contributed by atoms with Crippen molar-refractivity contribution in [3.8, 4) is 0 Å². The number of halogens is 1. The van der Waals surface area contributed by atoms with Gasteiger partial charge in [-0.05, 0) is 99.1 Å². The Bertz CT molecular complexity index is 1150. The fourth-order valence-corrected chi connectivity index (χ4v) is 4.80. The van der Waals surface area contributed by atoms with Crippen LogP contribution in [0.2, 0.25) is 0 Å². The third-order valence-electron chi connectivity index (χ3n) is 7.15. The van der Waals surface area contributed by atoms with Gasteiger partial charge in [0.1, 0.15) is 5.83 Å². The smallest absolute Gasteiger partial charge is 0.146 e. The van der Waals surface area contributed by atoms with E-state index in [0.29, 0.717) is 11.4 Å². The molecular weight excluding hydrogens is 455 g/mol. The number of hydrogen-bond acceptors (Lipinski definition) is 2. The lowest BCUT2D eigenvalue weighted by Gasteiger charge is -2.36. The third kappa shape index (κ3) is 8.10. The van der Waals surface area contributed by atoms with E-state index >= 15 is 0 Å². The van der Waals surface area contributed by atoms with E-state index in [9.17, 15) is 4.39 Å². The molecule has 3 N–H and O–H groups in total. The van der Waals surface area contributed by atoms with Crippen LogP contribution in [0.1, 0.15) is 90.3 Å². The Balaban J connectivity index is 3.41. The molecule has 37 heavy (non-hydrogen) atoms. The molecule has 0 radical (unpaired) electrons. The SMILES string of the molecule is C=C=C(C)C(CCC)(CCCC)c1ccc(C(=C)/C=C(N)\C(C)=C(/C)NC(/C=C\C)=C(\F)C=C)cc1C. The van der Waals surface area contributed by atoms with Gasteiger partial charge in [-0.3, -0.25) is 0 Å². The number of unbranched alkanes of at least 4 members (excludes halogenated alkanes) is 1. The first-order valence-corrected chi connectivity index (χ1v) is 13.3. The van der Waals surface area contributed by atoms with Gasteiger partial charge in [0.25, 0.3) is 0 Å². The van der Waals surface area contributed by atoms with Crippen molar-refractivity contribution in [2.75, 3.05) is 0 Å². The molecule has 0 spiro atoms. The number of hydrogen-bond donors (Lipinski definition) is 2. The van der Waals surface area contributed by atoms with Crippen LogP contribution in [0, 0.1) is 6.92 Å².